The summed E-state index contributed by atoms with van der Waals surface area (Å²) in [7, 11) is 0. The topological polar surface area (TPSA) is 82.9 Å². The number of nitrogens with zero attached hydrogens (tertiary/aromatic N) is 2. The third-order valence-electron chi connectivity index (χ3n) is 6.77. The molecule has 0 bridgehead atoms. The molecule has 0 radical (unpaired) electrons. The molecule has 180 valence electrons. The number of carbonyl (C=O) groups excluding carboxylic acids is 3. The van der Waals surface area contributed by atoms with Crippen molar-refractivity contribution in [2.45, 2.75) is 23.4 Å². The second-order valence-corrected chi connectivity index (χ2v) is 10.1. The van der Waals surface area contributed by atoms with E-state index in [1.54, 1.807) is 35.7 Å². The second-order valence-electron chi connectivity index (χ2n) is 9.06. The molecule has 8 heteroatoms. The van der Waals surface area contributed by atoms with Gasteiger partial charge < -0.3 is 14.6 Å². The molecule has 2 aliphatic rings. The van der Waals surface area contributed by atoms with Crippen molar-refractivity contribution in [2.75, 3.05) is 17.2 Å². The number of rotatable bonds is 4. The number of fused-ring (bicyclic) bond motifs is 2. The van der Waals surface area contributed by atoms with Crippen molar-refractivity contribution in [1.29, 1.82) is 0 Å². The van der Waals surface area contributed by atoms with Crippen molar-refractivity contribution in [3.8, 4) is 0 Å². The van der Waals surface area contributed by atoms with E-state index in [9.17, 15) is 14.4 Å². The molecular weight excluding hydrogens is 474 g/mol. The van der Waals surface area contributed by atoms with Gasteiger partial charge in [-0.15, -0.1) is 11.8 Å². The van der Waals surface area contributed by atoms with Crippen molar-refractivity contribution in [2.24, 2.45) is 0 Å². The van der Waals surface area contributed by atoms with E-state index in [4.69, 9.17) is 4.42 Å². The van der Waals surface area contributed by atoms with Crippen LogP contribution in [0.4, 0.5) is 10.5 Å². The molecule has 4 aromatic rings. The average Bonchev–Trinajstić information content (AvgIpc) is 3.44. The Labute approximate surface area is 212 Å². The van der Waals surface area contributed by atoms with Gasteiger partial charge in [0.15, 0.2) is 5.54 Å². The molecule has 1 aromatic heterocycles. The van der Waals surface area contributed by atoms with Crippen molar-refractivity contribution in [1.82, 2.24) is 10.2 Å². The minimum Gasteiger partial charge on any atom is -0.458 e. The third-order valence-corrected chi connectivity index (χ3v) is 7.91. The molecule has 2 atom stereocenters. The summed E-state index contributed by atoms with van der Waals surface area (Å²) in [5, 5.41) is 3.58. The lowest BCUT2D eigenvalue weighted by atomic mass is 9.99. The lowest BCUT2D eigenvalue weighted by Gasteiger charge is -2.37. The molecule has 1 saturated heterocycles. The summed E-state index contributed by atoms with van der Waals surface area (Å²) < 4.78 is 5.90. The van der Waals surface area contributed by atoms with Crippen LogP contribution in [0.3, 0.4) is 0 Å². The largest absolute Gasteiger partial charge is 0.458 e. The quantitative estimate of drug-likeness (QED) is 0.398. The van der Waals surface area contributed by atoms with Gasteiger partial charge in [-0.25, -0.2) is 4.79 Å². The molecule has 6 rings (SSSR count). The van der Waals surface area contributed by atoms with Gasteiger partial charge in [0.1, 0.15) is 17.9 Å². The highest BCUT2D eigenvalue weighted by Gasteiger charge is 2.52. The number of anilines is 1. The lowest BCUT2D eigenvalue weighted by Crippen LogP contribution is -2.47. The number of nitrogens with one attached hydrogen (secondary N) is 1. The van der Waals surface area contributed by atoms with E-state index in [0.717, 1.165) is 26.4 Å². The standard InChI is InChI=1S/C28H23N3O4S/c1-28(24-15-19-11-5-7-13-22(19)35-24)26(33)30(27(34)29-28)16-25(32)31-20-12-6-8-14-23(20)36-17-21(31)18-9-3-2-4-10-18/h2-15,21H,16-17H2,1H3,(H,29,34)/t21-,28-/m0/s1. The highest BCUT2D eigenvalue weighted by molar-refractivity contribution is 7.99. The van der Waals surface area contributed by atoms with Gasteiger partial charge in [-0.3, -0.25) is 14.5 Å². The van der Waals surface area contributed by atoms with Gasteiger partial charge in [-0.1, -0.05) is 60.7 Å². The van der Waals surface area contributed by atoms with Crippen LogP contribution in [0.15, 0.2) is 94.2 Å². The predicted octanol–water partition coefficient (Wildman–Crippen LogP) is 5.08. The minimum atomic E-state index is -1.40. The Morgan fingerprint density at radius 1 is 1.03 bits per heavy atom. The van der Waals surface area contributed by atoms with Gasteiger partial charge in [0, 0.05) is 16.0 Å². The Hall–Kier alpha value is -4.04. The van der Waals surface area contributed by atoms with Crippen LogP contribution in [0, 0.1) is 0 Å². The molecule has 1 fully saturated rings. The Balaban J connectivity index is 1.32. The average molecular weight is 498 g/mol. The number of carbonyl (C=O) groups is 3. The Kier molecular flexibility index (Phi) is 5.34. The molecule has 0 unspecified atom stereocenters. The van der Waals surface area contributed by atoms with Gasteiger partial charge >= 0.3 is 6.03 Å². The first-order valence-corrected chi connectivity index (χ1v) is 12.7. The first kappa shape index (κ1) is 22.4. The molecular formula is C28H23N3O4S. The lowest BCUT2D eigenvalue weighted by molar-refractivity contribution is -0.134. The van der Waals surface area contributed by atoms with Gasteiger partial charge in [0.2, 0.25) is 5.91 Å². The normalized spacial score (nSPS) is 21.5. The monoisotopic (exact) mass is 497 g/mol. The molecule has 3 heterocycles. The van der Waals surface area contributed by atoms with Crippen LogP contribution in [-0.4, -0.2) is 35.0 Å². The zero-order chi connectivity index (χ0) is 24.9. The molecule has 2 aliphatic heterocycles. The number of furan rings is 1. The van der Waals surface area contributed by atoms with E-state index in [1.165, 1.54) is 0 Å². The molecule has 1 N–H and O–H groups in total. The highest BCUT2D eigenvalue weighted by Crippen LogP contribution is 2.43. The molecule has 4 amide bonds. The summed E-state index contributed by atoms with van der Waals surface area (Å²) in [5.74, 6) is 0.160. The number of urea groups is 1. The SMILES string of the molecule is C[C@@]1(c2cc3ccccc3o2)NC(=O)N(CC(=O)N2c3ccccc3SC[C@H]2c2ccccc2)C1=O. The second kappa shape index (κ2) is 8.57. The number of hydrogen-bond acceptors (Lipinski definition) is 5. The molecule has 7 nitrogen and oxygen atoms in total. The minimum absolute atomic E-state index is 0.221. The van der Waals surface area contributed by atoms with Crippen LogP contribution in [0.25, 0.3) is 11.0 Å². The fraction of sp³-hybridized carbons (Fsp3) is 0.179. The molecule has 0 spiro atoms. The number of hydrogen-bond donors (Lipinski definition) is 1. The van der Waals surface area contributed by atoms with E-state index in [0.29, 0.717) is 17.1 Å². The van der Waals surface area contributed by atoms with Gasteiger partial charge in [0.25, 0.3) is 5.91 Å². The number of thioether (sulfide) groups is 1. The van der Waals surface area contributed by atoms with Crippen molar-refractivity contribution >= 4 is 46.3 Å². The van der Waals surface area contributed by atoms with Crippen LogP contribution in [0.1, 0.15) is 24.3 Å². The highest BCUT2D eigenvalue weighted by atomic mass is 32.2. The summed E-state index contributed by atoms with van der Waals surface area (Å²) in [6, 6.07) is 25.8. The van der Waals surface area contributed by atoms with Crippen LogP contribution in [-0.2, 0) is 15.1 Å². The third kappa shape index (κ3) is 3.56. The summed E-state index contributed by atoms with van der Waals surface area (Å²) in [4.78, 5) is 44.0. The maximum atomic E-state index is 13.8. The van der Waals surface area contributed by atoms with E-state index in [-0.39, 0.29) is 18.5 Å². The fourth-order valence-corrected chi connectivity index (χ4v) is 6.03. The first-order chi connectivity index (χ1) is 17.5. The molecule has 0 aliphatic carbocycles. The summed E-state index contributed by atoms with van der Waals surface area (Å²) in [5.41, 5.74) is 1.00. The molecule has 36 heavy (non-hydrogen) atoms. The van der Waals surface area contributed by atoms with E-state index >= 15 is 0 Å². The zero-order valence-corrected chi connectivity index (χ0v) is 20.3. The smallest absolute Gasteiger partial charge is 0.325 e. The Bertz CT molecular complexity index is 1470. The summed E-state index contributed by atoms with van der Waals surface area (Å²) >= 11 is 1.69. The fourth-order valence-electron chi connectivity index (χ4n) is 4.87. The van der Waals surface area contributed by atoms with Crippen molar-refractivity contribution < 1.29 is 18.8 Å². The van der Waals surface area contributed by atoms with Crippen LogP contribution in [0.2, 0.25) is 0 Å². The van der Waals surface area contributed by atoms with Crippen molar-refractivity contribution in [3.63, 3.8) is 0 Å². The Morgan fingerprint density at radius 2 is 1.75 bits per heavy atom. The van der Waals surface area contributed by atoms with Gasteiger partial charge in [-0.2, -0.15) is 0 Å². The first-order valence-electron chi connectivity index (χ1n) is 11.7. The van der Waals surface area contributed by atoms with E-state index in [2.05, 4.69) is 5.32 Å². The number of benzene rings is 3. The molecule has 3 aromatic carbocycles. The van der Waals surface area contributed by atoms with E-state index < -0.39 is 17.5 Å². The maximum absolute atomic E-state index is 13.8. The Morgan fingerprint density at radius 3 is 2.56 bits per heavy atom. The summed E-state index contributed by atoms with van der Waals surface area (Å²) in [6.07, 6.45) is 0. The number of imide groups is 1. The van der Waals surface area contributed by atoms with Crippen LogP contribution < -0.4 is 10.2 Å². The van der Waals surface area contributed by atoms with Crippen LogP contribution in [0.5, 0.6) is 0 Å². The van der Waals surface area contributed by atoms with Crippen molar-refractivity contribution in [3.05, 3.63) is 96.3 Å². The maximum Gasteiger partial charge on any atom is 0.325 e. The molecule has 0 saturated carbocycles. The van der Waals surface area contributed by atoms with E-state index in [1.807, 2.05) is 72.8 Å². The number of amides is 4. The summed E-state index contributed by atoms with van der Waals surface area (Å²) in [6.45, 7) is 1.23. The van der Waals surface area contributed by atoms with Gasteiger partial charge in [-0.05, 0) is 36.8 Å². The number of para-hydroxylation sites is 2. The van der Waals surface area contributed by atoms with Crippen LogP contribution >= 0.6 is 11.8 Å². The zero-order valence-electron chi connectivity index (χ0n) is 19.5. The predicted molar refractivity (Wildman–Crippen MR) is 138 cm³/mol. The van der Waals surface area contributed by atoms with Gasteiger partial charge in [0.05, 0.1) is 11.7 Å².